The fourth-order valence-corrected chi connectivity index (χ4v) is 1.67. The van der Waals surface area contributed by atoms with Crippen LogP contribution in [0.2, 0.25) is 0 Å². The van der Waals surface area contributed by atoms with Gasteiger partial charge in [0.05, 0.1) is 0 Å². The molecular weight excluding hydrogens is 176 g/mol. The van der Waals surface area contributed by atoms with E-state index < -0.39 is 0 Å². The number of hydrogen-bond acceptors (Lipinski definition) is 2. The number of rotatable bonds is 2. The van der Waals surface area contributed by atoms with Crippen molar-refractivity contribution in [3.63, 3.8) is 0 Å². The van der Waals surface area contributed by atoms with Crippen molar-refractivity contribution in [2.24, 2.45) is 0 Å². The van der Waals surface area contributed by atoms with E-state index >= 15 is 0 Å². The van der Waals surface area contributed by atoms with Gasteiger partial charge in [0.25, 0.3) is 0 Å². The second kappa shape index (κ2) is 3.68. The molecule has 0 aliphatic rings. The Morgan fingerprint density at radius 2 is 1.93 bits per heavy atom. The van der Waals surface area contributed by atoms with Crippen LogP contribution < -0.4 is 4.89 Å². The molecule has 72 valence electrons. The molecule has 0 saturated heterocycles. The van der Waals surface area contributed by atoms with Gasteiger partial charge >= 0.3 is 0 Å². The molecule has 14 heavy (non-hydrogen) atoms. The van der Waals surface area contributed by atoms with Gasteiger partial charge in [-0.05, 0) is 17.4 Å². The van der Waals surface area contributed by atoms with Gasteiger partial charge in [-0.1, -0.05) is 43.3 Å². The zero-order valence-electron chi connectivity index (χ0n) is 8.03. The molecule has 2 aromatic carbocycles. The van der Waals surface area contributed by atoms with Crippen molar-refractivity contribution in [3.05, 3.63) is 42.0 Å². The average Bonchev–Trinajstić information content (AvgIpc) is 2.27. The van der Waals surface area contributed by atoms with E-state index in [9.17, 15) is 0 Å². The Hall–Kier alpha value is -1.54. The molecule has 0 aromatic heterocycles. The van der Waals surface area contributed by atoms with Crippen LogP contribution in [0, 0.1) is 0 Å². The van der Waals surface area contributed by atoms with E-state index in [4.69, 9.17) is 5.26 Å². The van der Waals surface area contributed by atoms with E-state index in [2.05, 4.69) is 4.89 Å². The lowest BCUT2D eigenvalue weighted by molar-refractivity contribution is -0.136. The van der Waals surface area contributed by atoms with E-state index in [0.717, 1.165) is 22.8 Å². The summed E-state index contributed by atoms with van der Waals surface area (Å²) in [6.45, 7) is 2.03. The highest BCUT2D eigenvalue weighted by Crippen LogP contribution is 2.29. The first-order chi connectivity index (χ1) is 6.86. The van der Waals surface area contributed by atoms with Gasteiger partial charge < -0.3 is 4.89 Å². The van der Waals surface area contributed by atoms with Gasteiger partial charge in [0.1, 0.15) is 0 Å². The van der Waals surface area contributed by atoms with E-state index in [1.54, 1.807) is 0 Å². The van der Waals surface area contributed by atoms with Crippen LogP contribution in [0.4, 0.5) is 0 Å². The second-order valence-corrected chi connectivity index (χ2v) is 3.22. The highest BCUT2D eigenvalue weighted by Gasteiger charge is 2.06. The van der Waals surface area contributed by atoms with Crippen molar-refractivity contribution in [1.82, 2.24) is 0 Å². The molecule has 0 unspecified atom stereocenters. The van der Waals surface area contributed by atoms with Crippen LogP contribution in [0.1, 0.15) is 12.5 Å². The predicted octanol–water partition coefficient (Wildman–Crippen LogP) is 3.25. The molecule has 1 N–H and O–H groups in total. The molecule has 0 amide bonds. The number of fused-ring (bicyclic) bond motifs is 1. The lowest BCUT2D eigenvalue weighted by atomic mass is 10.0. The molecule has 0 saturated carbocycles. The zero-order chi connectivity index (χ0) is 9.97. The SMILES string of the molecule is CCc1ccc2ccccc2c1OO. The van der Waals surface area contributed by atoms with E-state index in [-0.39, 0.29) is 0 Å². The van der Waals surface area contributed by atoms with Crippen LogP contribution in [0.5, 0.6) is 5.75 Å². The van der Waals surface area contributed by atoms with Gasteiger partial charge in [0, 0.05) is 5.39 Å². The average molecular weight is 188 g/mol. The smallest absolute Gasteiger partial charge is 0.176 e. The molecule has 2 nitrogen and oxygen atoms in total. The molecule has 2 aromatic rings. The van der Waals surface area contributed by atoms with Gasteiger partial charge in [-0.3, -0.25) is 0 Å². The first-order valence-electron chi connectivity index (χ1n) is 4.69. The third kappa shape index (κ3) is 1.34. The second-order valence-electron chi connectivity index (χ2n) is 3.22. The number of hydrogen-bond donors (Lipinski definition) is 1. The van der Waals surface area contributed by atoms with Crippen molar-refractivity contribution in [1.29, 1.82) is 0 Å². The molecule has 0 fully saturated rings. The van der Waals surface area contributed by atoms with E-state index in [0.29, 0.717) is 5.75 Å². The summed E-state index contributed by atoms with van der Waals surface area (Å²) in [5.41, 5.74) is 1.02. The standard InChI is InChI=1S/C12H12O2/c1-2-9-7-8-10-5-3-4-6-11(10)12(9)14-13/h3-8,13H,2H2,1H3. The van der Waals surface area contributed by atoms with Gasteiger partial charge in [0.2, 0.25) is 0 Å². The first-order valence-corrected chi connectivity index (χ1v) is 4.69. The predicted molar refractivity (Wildman–Crippen MR) is 56.6 cm³/mol. The summed E-state index contributed by atoms with van der Waals surface area (Å²) < 4.78 is 0. The maximum atomic E-state index is 8.85. The van der Waals surface area contributed by atoms with E-state index in [1.165, 1.54) is 0 Å². The fraction of sp³-hybridized carbons (Fsp3) is 0.167. The Morgan fingerprint density at radius 1 is 1.14 bits per heavy atom. The molecule has 0 aliphatic heterocycles. The lowest BCUT2D eigenvalue weighted by Gasteiger charge is -2.07. The number of benzene rings is 2. The van der Waals surface area contributed by atoms with E-state index in [1.807, 2.05) is 43.3 Å². The monoisotopic (exact) mass is 188 g/mol. The third-order valence-corrected chi connectivity index (χ3v) is 2.43. The van der Waals surface area contributed by atoms with Crippen LogP contribution in [-0.2, 0) is 6.42 Å². The lowest BCUT2D eigenvalue weighted by Crippen LogP contribution is -1.92. The molecule has 0 heterocycles. The summed E-state index contributed by atoms with van der Waals surface area (Å²) in [6.07, 6.45) is 0.848. The first kappa shape index (κ1) is 9.03. The molecule has 0 radical (unpaired) electrons. The minimum atomic E-state index is 0.575. The minimum Gasteiger partial charge on any atom is -0.339 e. The molecule has 0 bridgehead atoms. The Kier molecular flexibility index (Phi) is 2.37. The van der Waals surface area contributed by atoms with Crippen molar-refractivity contribution < 1.29 is 10.1 Å². The number of aryl methyl sites for hydroxylation is 1. The zero-order valence-corrected chi connectivity index (χ0v) is 8.03. The Morgan fingerprint density at radius 3 is 2.64 bits per heavy atom. The van der Waals surface area contributed by atoms with Crippen LogP contribution >= 0.6 is 0 Å². The fourth-order valence-electron chi connectivity index (χ4n) is 1.67. The topological polar surface area (TPSA) is 29.5 Å². The third-order valence-electron chi connectivity index (χ3n) is 2.43. The Balaban J connectivity index is 2.77. The summed E-state index contributed by atoms with van der Waals surface area (Å²) in [5, 5.41) is 10.9. The van der Waals surface area contributed by atoms with Gasteiger partial charge in [-0.2, -0.15) is 0 Å². The summed E-state index contributed by atoms with van der Waals surface area (Å²) in [7, 11) is 0. The van der Waals surface area contributed by atoms with Crippen LogP contribution in [0.25, 0.3) is 10.8 Å². The molecular formula is C12H12O2. The van der Waals surface area contributed by atoms with Crippen LogP contribution in [0.3, 0.4) is 0 Å². The van der Waals surface area contributed by atoms with Crippen molar-refractivity contribution in [2.45, 2.75) is 13.3 Å². The Labute approximate surface area is 82.7 Å². The van der Waals surface area contributed by atoms with Crippen LogP contribution in [-0.4, -0.2) is 5.26 Å². The highest BCUT2D eigenvalue weighted by molar-refractivity contribution is 5.89. The van der Waals surface area contributed by atoms with Crippen molar-refractivity contribution >= 4 is 10.8 Å². The van der Waals surface area contributed by atoms with Gasteiger partial charge in [-0.15, -0.1) is 0 Å². The molecule has 0 atom stereocenters. The molecule has 2 rings (SSSR count). The summed E-state index contributed by atoms with van der Waals surface area (Å²) >= 11 is 0. The van der Waals surface area contributed by atoms with Crippen LogP contribution in [0.15, 0.2) is 36.4 Å². The quantitative estimate of drug-likeness (QED) is 0.579. The van der Waals surface area contributed by atoms with Crippen molar-refractivity contribution in [2.75, 3.05) is 0 Å². The summed E-state index contributed by atoms with van der Waals surface area (Å²) in [6, 6.07) is 11.9. The minimum absolute atomic E-state index is 0.575. The normalized spacial score (nSPS) is 10.4. The highest BCUT2D eigenvalue weighted by atomic mass is 17.1. The Bertz CT molecular complexity index is 449. The van der Waals surface area contributed by atoms with Gasteiger partial charge in [-0.25, -0.2) is 5.26 Å². The maximum absolute atomic E-state index is 8.85. The largest absolute Gasteiger partial charge is 0.339 e. The maximum Gasteiger partial charge on any atom is 0.176 e. The van der Waals surface area contributed by atoms with Crippen molar-refractivity contribution in [3.8, 4) is 5.75 Å². The van der Waals surface area contributed by atoms with Gasteiger partial charge in [0.15, 0.2) is 5.75 Å². The summed E-state index contributed by atoms with van der Waals surface area (Å²) in [4.78, 5) is 4.45. The molecule has 2 heteroatoms. The summed E-state index contributed by atoms with van der Waals surface area (Å²) in [5.74, 6) is 0.575. The molecule has 0 aliphatic carbocycles. The molecule has 0 spiro atoms.